The van der Waals surface area contributed by atoms with E-state index in [0.717, 1.165) is 4.47 Å². The number of methoxy groups -OCH3 is 1. The molecule has 3 rings (SSSR count). The molecule has 1 aliphatic heterocycles. The molecule has 7 heteroatoms. The number of hydrogen-bond donors (Lipinski definition) is 1. The Morgan fingerprint density at radius 1 is 1.44 bits per heavy atom. The summed E-state index contributed by atoms with van der Waals surface area (Å²) in [5, 5.41) is 0. The van der Waals surface area contributed by atoms with Gasteiger partial charge in [0.1, 0.15) is 23.7 Å². The van der Waals surface area contributed by atoms with Gasteiger partial charge < -0.3 is 19.9 Å². The highest BCUT2D eigenvalue weighted by Gasteiger charge is 2.42. The van der Waals surface area contributed by atoms with Crippen LogP contribution in [0.1, 0.15) is 30.7 Å². The minimum Gasteiger partial charge on any atom is -0.481 e. The number of carbonyl (C=O) groups excluding carboxylic acids is 2. The van der Waals surface area contributed by atoms with Crippen LogP contribution in [0, 0.1) is 12.3 Å². The lowest BCUT2D eigenvalue weighted by Gasteiger charge is -2.33. The zero-order chi connectivity index (χ0) is 19.6. The number of esters is 1. The van der Waals surface area contributed by atoms with Crippen LogP contribution in [0.25, 0.3) is 0 Å². The van der Waals surface area contributed by atoms with Crippen molar-refractivity contribution in [3.63, 3.8) is 0 Å². The third-order valence-corrected chi connectivity index (χ3v) is 4.98. The summed E-state index contributed by atoms with van der Waals surface area (Å²) in [5.74, 6) is 1.80. The fourth-order valence-electron chi connectivity index (χ4n) is 3.37. The fraction of sp³-hybridized carbons (Fsp3) is 0.300. The van der Waals surface area contributed by atoms with E-state index < -0.39 is 11.9 Å². The first-order valence-corrected chi connectivity index (χ1v) is 9.15. The zero-order valence-corrected chi connectivity index (χ0v) is 16.3. The molecule has 6 nitrogen and oxygen atoms in total. The van der Waals surface area contributed by atoms with Gasteiger partial charge in [0.2, 0.25) is 5.88 Å². The number of hydrogen-bond acceptors (Lipinski definition) is 6. The molecule has 1 aromatic rings. The molecule has 27 heavy (non-hydrogen) atoms. The Bertz CT molecular complexity index is 909. The molecule has 0 radical (unpaired) electrons. The summed E-state index contributed by atoms with van der Waals surface area (Å²) in [6.07, 6.45) is 6.93. The summed E-state index contributed by atoms with van der Waals surface area (Å²) in [6.45, 7) is 0.0461. The molecule has 2 N–H and O–H groups in total. The van der Waals surface area contributed by atoms with Crippen molar-refractivity contribution in [1.29, 1.82) is 0 Å². The number of Topliss-reactive ketones (excluding diaryl/α,β-unsaturated/α-hetero) is 1. The number of ether oxygens (including phenoxy) is 3. The molecule has 140 valence electrons. The lowest BCUT2D eigenvalue weighted by atomic mass is 9.77. The van der Waals surface area contributed by atoms with Gasteiger partial charge in [-0.05, 0) is 24.6 Å². The van der Waals surface area contributed by atoms with E-state index in [-0.39, 0.29) is 23.8 Å². The second kappa shape index (κ2) is 7.89. The van der Waals surface area contributed by atoms with Gasteiger partial charge in [-0.15, -0.1) is 6.42 Å². The van der Waals surface area contributed by atoms with Crippen molar-refractivity contribution in [2.75, 3.05) is 13.7 Å². The molecule has 0 spiro atoms. The molecule has 0 aromatic heterocycles. The molecule has 1 aliphatic carbocycles. The summed E-state index contributed by atoms with van der Waals surface area (Å²) >= 11 is 3.43. The standard InChI is InChI=1S/C20H18BrNO5/c1-3-9-26-14-8-7-11(21)10-12(14)16-17-13(23)5-4-6-15(17)27-19(22)18(16)20(24)25-2/h1,7-8,10,16H,4-6,9,22H2,2H3/t16-/m0/s1. The summed E-state index contributed by atoms with van der Waals surface area (Å²) < 4.78 is 16.9. The van der Waals surface area contributed by atoms with Gasteiger partial charge in [0.25, 0.3) is 0 Å². The quantitative estimate of drug-likeness (QED) is 0.582. The van der Waals surface area contributed by atoms with Gasteiger partial charge in [0.15, 0.2) is 5.78 Å². The predicted octanol–water partition coefficient (Wildman–Crippen LogP) is 2.93. The van der Waals surface area contributed by atoms with Crippen LogP contribution < -0.4 is 10.5 Å². The van der Waals surface area contributed by atoms with Crippen molar-refractivity contribution < 1.29 is 23.8 Å². The third kappa shape index (κ3) is 3.58. The lowest BCUT2D eigenvalue weighted by molar-refractivity contribution is -0.136. The van der Waals surface area contributed by atoms with Gasteiger partial charge in [-0.3, -0.25) is 4.79 Å². The molecule has 0 bridgehead atoms. The Hall–Kier alpha value is -2.72. The molecular weight excluding hydrogens is 414 g/mol. The van der Waals surface area contributed by atoms with Gasteiger partial charge in [-0.2, -0.15) is 0 Å². The van der Waals surface area contributed by atoms with Gasteiger partial charge in [0, 0.05) is 28.5 Å². The summed E-state index contributed by atoms with van der Waals surface area (Å²) in [5.41, 5.74) is 7.14. The first kappa shape index (κ1) is 19.1. The normalized spacial score (nSPS) is 19.1. The Morgan fingerprint density at radius 2 is 2.22 bits per heavy atom. The first-order valence-electron chi connectivity index (χ1n) is 8.35. The van der Waals surface area contributed by atoms with Crippen LogP contribution in [0.2, 0.25) is 0 Å². The van der Waals surface area contributed by atoms with Crippen LogP contribution in [-0.4, -0.2) is 25.5 Å². The number of nitrogens with two attached hydrogens (primary N) is 1. The van der Waals surface area contributed by atoms with E-state index in [9.17, 15) is 9.59 Å². The maximum atomic E-state index is 12.7. The second-order valence-corrected chi connectivity index (χ2v) is 7.01. The van der Waals surface area contributed by atoms with Gasteiger partial charge in [-0.1, -0.05) is 21.9 Å². The number of halogens is 1. The van der Waals surface area contributed by atoms with E-state index >= 15 is 0 Å². The van der Waals surface area contributed by atoms with E-state index in [1.807, 2.05) is 0 Å². The van der Waals surface area contributed by atoms with Crippen LogP contribution in [0.15, 0.2) is 45.5 Å². The van der Waals surface area contributed by atoms with Crippen molar-refractivity contribution in [3.05, 3.63) is 51.0 Å². The molecule has 0 saturated carbocycles. The van der Waals surface area contributed by atoms with Gasteiger partial charge >= 0.3 is 5.97 Å². The SMILES string of the molecule is C#CCOc1ccc(Br)cc1[C@@H]1C(C(=O)OC)=C(N)OC2=C1C(=O)CCC2. The smallest absolute Gasteiger partial charge is 0.340 e. The minimum absolute atomic E-state index is 0.0461. The van der Waals surface area contributed by atoms with Crippen LogP contribution in [0.5, 0.6) is 5.75 Å². The van der Waals surface area contributed by atoms with E-state index in [0.29, 0.717) is 41.9 Å². The highest BCUT2D eigenvalue weighted by atomic mass is 79.9. The minimum atomic E-state index is -0.751. The number of carbonyl (C=O) groups is 2. The van der Waals surface area contributed by atoms with Crippen molar-refractivity contribution in [1.82, 2.24) is 0 Å². The van der Waals surface area contributed by atoms with E-state index in [1.165, 1.54) is 7.11 Å². The molecule has 1 heterocycles. The largest absolute Gasteiger partial charge is 0.481 e. The maximum Gasteiger partial charge on any atom is 0.340 e. The number of benzene rings is 1. The number of ketones is 1. The molecule has 0 saturated heterocycles. The molecular formula is C20H18BrNO5. The van der Waals surface area contributed by atoms with Crippen LogP contribution in [0.3, 0.4) is 0 Å². The van der Waals surface area contributed by atoms with Crippen molar-refractivity contribution >= 4 is 27.7 Å². The number of terminal acetylenes is 1. The van der Waals surface area contributed by atoms with E-state index in [4.69, 9.17) is 26.4 Å². The Morgan fingerprint density at radius 3 is 2.93 bits per heavy atom. The molecule has 2 aliphatic rings. The van der Waals surface area contributed by atoms with Crippen LogP contribution in [-0.2, 0) is 19.1 Å². The average Bonchev–Trinajstić information content (AvgIpc) is 2.65. The van der Waals surface area contributed by atoms with Crippen molar-refractivity contribution in [2.24, 2.45) is 5.73 Å². The summed E-state index contributed by atoms with van der Waals surface area (Å²) in [6, 6.07) is 5.30. The molecule has 0 fully saturated rings. The topological polar surface area (TPSA) is 87.8 Å². The summed E-state index contributed by atoms with van der Waals surface area (Å²) in [7, 11) is 1.25. The van der Waals surface area contributed by atoms with Crippen molar-refractivity contribution in [2.45, 2.75) is 25.2 Å². The van der Waals surface area contributed by atoms with Crippen molar-refractivity contribution in [3.8, 4) is 18.1 Å². The fourth-order valence-corrected chi connectivity index (χ4v) is 3.75. The molecule has 1 atom stereocenters. The predicted molar refractivity (Wildman–Crippen MR) is 101 cm³/mol. The maximum absolute atomic E-state index is 12.7. The first-order chi connectivity index (χ1) is 13.0. The number of allylic oxidation sites excluding steroid dienone is 2. The Balaban J connectivity index is 2.24. The number of rotatable bonds is 4. The van der Waals surface area contributed by atoms with E-state index in [2.05, 4.69) is 21.9 Å². The Kier molecular flexibility index (Phi) is 5.57. The average molecular weight is 432 g/mol. The Labute approximate surface area is 165 Å². The second-order valence-electron chi connectivity index (χ2n) is 6.09. The summed E-state index contributed by atoms with van der Waals surface area (Å²) in [4.78, 5) is 25.2. The highest BCUT2D eigenvalue weighted by molar-refractivity contribution is 9.10. The van der Waals surface area contributed by atoms with Gasteiger partial charge in [0.05, 0.1) is 13.0 Å². The lowest BCUT2D eigenvalue weighted by Crippen LogP contribution is -2.31. The van der Waals surface area contributed by atoms with E-state index in [1.54, 1.807) is 18.2 Å². The van der Waals surface area contributed by atoms with Crippen LogP contribution in [0.4, 0.5) is 0 Å². The zero-order valence-electron chi connectivity index (χ0n) is 14.7. The highest BCUT2D eigenvalue weighted by Crippen LogP contribution is 2.47. The third-order valence-electron chi connectivity index (χ3n) is 4.48. The molecule has 0 unspecified atom stereocenters. The van der Waals surface area contributed by atoms with Crippen LogP contribution >= 0.6 is 15.9 Å². The van der Waals surface area contributed by atoms with Gasteiger partial charge in [-0.25, -0.2) is 4.79 Å². The molecule has 1 aromatic carbocycles. The molecule has 0 amide bonds. The monoisotopic (exact) mass is 431 g/mol.